The Morgan fingerprint density at radius 3 is 2.47 bits per heavy atom. The number of fused-ring (bicyclic) bond motifs is 1. The van der Waals surface area contributed by atoms with Gasteiger partial charge in [0.1, 0.15) is 12.0 Å². The van der Waals surface area contributed by atoms with Crippen molar-refractivity contribution in [2.75, 3.05) is 5.73 Å². The van der Waals surface area contributed by atoms with Crippen LogP contribution in [-0.4, -0.2) is 9.55 Å². The van der Waals surface area contributed by atoms with E-state index < -0.39 is 11.6 Å². The van der Waals surface area contributed by atoms with Crippen LogP contribution in [0.2, 0.25) is 0 Å². The first-order valence-corrected chi connectivity index (χ1v) is 6.23. The summed E-state index contributed by atoms with van der Waals surface area (Å²) < 4.78 is 29.6. The lowest BCUT2D eigenvalue weighted by Gasteiger charge is -2.08. The Bertz CT molecular complexity index is 760. The van der Waals surface area contributed by atoms with E-state index >= 15 is 0 Å². The van der Waals surface area contributed by atoms with E-state index in [9.17, 15) is 8.78 Å². The van der Waals surface area contributed by atoms with Crippen LogP contribution < -0.4 is 5.73 Å². The van der Waals surface area contributed by atoms with E-state index in [1.807, 2.05) is 0 Å². The van der Waals surface area contributed by atoms with Crippen molar-refractivity contribution in [3.63, 3.8) is 0 Å². The van der Waals surface area contributed by atoms with Crippen LogP contribution in [0.25, 0.3) is 16.7 Å². The highest BCUT2D eigenvalue weighted by Gasteiger charge is 2.15. The number of aromatic nitrogens is 2. The summed E-state index contributed by atoms with van der Waals surface area (Å²) >= 11 is 3.05. The number of rotatable bonds is 1. The lowest BCUT2D eigenvalue weighted by atomic mass is 10.2. The van der Waals surface area contributed by atoms with Crippen LogP contribution in [-0.2, 0) is 0 Å². The Balaban J connectivity index is 2.31. The number of hydrogen-bond donors (Lipinski definition) is 1. The van der Waals surface area contributed by atoms with Crippen LogP contribution in [0.1, 0.15) is 0 Å². The fourth-order valence-electron chi connectivity index (χ4n) is 1.97. The Morgan fingerprint density at radius 1 is 1.11 bits per heavy atom. The van der Waals surface area contributed by atoms with E-state index in [0.29, 0.717) is 21.2 Å². The van der Waals surface area contributed by atoms with Crippen molar-refractivity contribution in [1.29, 1.82) is 0 Å². The summed E-state index contributed by atoms with van der Waals surface area (Å²) in [5, 5.41) is 0. The van der Waals surface area contributed by atoms with Gasteiger partial charge in [-0.15, -0.1) is 0 Å². The predicted molar refractivity (Wildman–Crippen MR) is 73.1 cm³/mol. The van der Waals surface area contributed by atoms with Gasteiger partial charge < -0.3 is 5.73 Å². The van der Waals surface area contributed by atoms with Crippen molar-refractivity contribution in [1.82, 2.24) is 9.55 Å². The summed E-state index contributed by atoms with van der Waals surface area (Å²) in [6, 6.07) is 7.41. The van der Waals surface area contributed by atoms with E-state index in [-0.39, 0.29) is 5.69 Å². The Kier molecular flexibility index (Phi) is 2.74. The number of nitrogens with zero attached hydrogens (tertiary/aromatic N) is 2. The third kappa shape index (κ3) is 1.98. The van der Waals surface area contributed by atoms with Gasteiger partial charge in [0.25, 0.3) is 0 Å². The molecule has 2 N–H and O–H groups in total. The third-order valence-corrected chi connectivity index (χ3v) is 3.25. The van der Waals surface area contributed by atoms with Gasteiger partial charge >= 0.3 is 0 Å². The van der Waals surface area contributed by atoms with Gasteiger partial charge in [-0.1, -0.05) is 15.9 Å². The lowest BCUT2D eigenvalue weighted by Crippen LogP contribution is -2.00. The van der Waals surface area contributed by atoms with Gasteiger partial charge in [-0.2, -0.15) is 0 Å². The van der Waals surface area contributed by atoms with Crippen molar-refractivity contribution in [2.24, 2.45) is 0 Å². The average molecular weight is 324 g/mol. The van der Waals surface area contributed by atoms with Crippen molar-refractivity contribution in [3.8, 4) is 5.69 Å². The van der Waals surface area contributed by atoms with Gasteiger partial charge in [0.2, 0.25) is 0 Å². The van der Waals surface area contributed by atoms with Crippen LogP contribution >= 0.6 is 15.9 Å². The van der Waals surface area contributed by atoms with E-state index in [1.54, 1.807) is 18.2 Å². The average Bonchev–Trinajstić information content (AvgIpc) is 2.71. The van der Waals surface area contributed by atoms with Crippen LogP contribution in [0, 0.1) is 11.6 Å². The molecule has 0 unspecified atom stereocenters. The minimum atomic E-state index is -0.664. The smallest absolute Gasteiger partial charge is 0.151 e. The summed E-state index contributed by atoms with van der Waals surface area (Å²) in [6.45, 7) is 0. The minimum Gasteiger partial charge on any atom is -0.399 e. The molecule has 3 aromatic rings. The first-order chi connectivity index (χ1) is 9.06. The molecule has 1 aromatic heterocycles. The number of benzene rings is 2. The van der Waals surface area contributed by atoms with Crippen molar-refractivity contribution in [2.45, 2.75) is 0 Å². The summed E-state index contributed by atoms with van der Waals surface area (Å²) in [5.41, 5.74) is 7.22. The molecule has 1 heterocycles. The third-order valence-electron chi connectivity index (χ3n) is 2.79. The number of hydrogen-bond acceptors (Lipinski definition) is 2. The number of halogens is 3. The summed E-state index contributed by atoms with van der Waals surface area (Å²) in [5.74, 6) is -1.33. The predicted octanol–water partition coefficient (Wildman–Crippen LogP) is 3.65. The zero-order valence-corrected chi connectivity index (χ0v) is 11.2. The highest BCUT2D eigenvalue weighted by Crippen LogP contribution is 2.26. The van der Waals surface area contributed by atoms with Gasteiger partial charge in [0.05, 0.1) is 11.0 Å². The second kappa shape index (κ2) is 4.31. The van der Waals surface area contributed by atoms with Crippen molar-refractivity contribution in [3.05, 3.63) is 52.8 Å². The van der Waals surface area contributed by atoms with Crippen molar-refractivity contribution >= 4 is 32.7 Å². The van der Waals surface area contributed by atoms with E-state index in [2.05, 4.69) is 20.9 Å². The maximum Gasteiger partial charge on any atom is 0.151 e. The molecule has 3 rings (SSSR count). The van der Waals surface area contributed by atoms with Crippen LogP contribution in [0.15, 0.2) is 41.1 Å². The highest BCUT2D eigenvalue weighted by molar-refractivity contribution is 9.10. The first kappa shape index (κ1) is 12.1. The standard InChI is InChI=1S/C13H8BrF2N3/c14-7-3-9(15)13(10(16)4-7)19-6-18-11-5-8(17)1-2-12(11)19/h1-6H,17H2. The van der Waals surface area contributed by atoms with E-state index in [1.165, 1.54) is 23.0 Å². The highest BCUT2D eigenvalue weighted by atomic mass is 79.9. The topological polar surface area (TPSA) is 43.8 Å². The number of nitrogens with two attached hydrogens (primary N) is 1. The molecule has 0 radical (unpaired) electrons. The second-order valence-electron chi connectivity index (χ2n) is 4.08. The molecular formula is C13H8BrF2N3. The fourth-order valence-corrected chi connectivity index (χ4v) is 2.37. The molecule has 0 bridgehead atoms. The Morgan fingerprint density at radius 2 is 1.79 bits per heavy atom. The molecule has 2 aromatic carbocycles. The molecule has 0 saturated heterocycles. The Hall–Kier alpha value is -1.95. The zero-order chi connectivity index (χ0) is 13.6. The molecule has 3 nitrogen and oxygen atoms in total. The van der Waals surface area contributed by atoms with E-state index in [0.717, 1.165) is 0 Å². The van der Waals surface area contributed by atoms with E-state index in [4.69, 9.17) is 5.73 Å². The monoisotopic (exact) mass is 323 g/mol. The summed E-state index contributed by atoms with van der Waals surface area (Å²) in [7, 11) is 0. The van der Waals surface area contributed by atoms with Gasteiger partial charge in [-0.25, -0.2) is 13.8 Å². The molecule has 0 aliphatic carbocycles. The maximum atomic E-state index is 13.9. The van der Waals surface area contributed by atoms with Crippen LogP contribution in [0.4, 0.5) is 14.5 Å². The lowest BCUT2D eigenvalue weighted by molar-refractivity contribution is 0.569. The SMILES string of the molecule is Nc1ccc2c(c1)ncn2-c1c(F)cc(Br)cc1F. The maximum absolute atomic E-state index is 13.9. The molecule has 0 aliphatic rings. The molecule has 0 fully saturated rings. The number of anilines is 1. The molecular weight excluding hydrogens is 316 g/mol. The summed E-state index contributed by atoms with van der Waals surface area (Å²) in [4.78, 5) is 4.10. The van der Waals surface area contributed by atoms with Gasteiger partial charge in [0.15, 0.2) is 11.6 Å². The quantitative estimate of drug-likeness (QED) is 0.695. The molecule has 19 heavy (non-hydrogen) atoms. The molecule has 0 atom stereocenters. The number of nitrogen functional groups attached to an aromatic ring is 1. The fraction of sp³-hybridized carbons (Fsp3) is 0. The Labute approximate surface area is 115 Å². The largest absolute Gasteiger partial charge is 0.399 e. The minimum absolute atomic E-state index is 0.157. The normalized spacial score (nSPS) is 11.1. The van der Waals surface area contributed by atoms with Crippen molar-refractivity contribution < 1.29 is 8.78 Å². The second-order valence-corrected chi connectivity index (χ2v) is 5.00. The molecule has 0 spiro atoms. The zero-order valence-electron chi connectivity index (χ0n) is 9.57. The van der Waals surface area contributed by atoms with Gasteiger partial charge in [-0.05, 0) is 30.3 Å². The molecule has 6 heteroatoms. The van der Waals surface area contributed by atoms with Gasteiger partial charge in [-0.3, -0.25) is 4.57 Å². The van der Waals surface area contributed by atoms with Crippen LogP contribution in [0.5, 0.6) is 0 Å². The van der Waals surface area contributed by atoms with Gasteiger partial charge in [0, 0.05) is 10.2 Å². The molecule has 0 saturated carbocycles. The molecule has 0 aliphatic heterocycles. The molecule has 96 valence electrons. The van der Waals surface area contributed by atoms with Crippen LogP contribution in [0.3, 0.4) is 0 Å². The summed E-state index contributed by atoms with van der Waals surface area (Å²) in [6.07, 6.45) is 1.37. The number of imidazole rings is 1. The first-order valence-electron chi connectivity index (χ1n) is 5.44. The molecule has 0 amide bonds.